The highest BCUT2D eigenvalue weighted by Gasteiger charge is 2.32. The molecular weight excluding hydrogens is 284 g/mol. The standard InChI is InChI=1S/C19H24N4/c1-20(2)16-9-5-7-14-11-23-13-22(18(14)16)12-15-8-6-10-17(19(15)23)21(3)4/h5-10H,11-13H2,1-4H3. The van der Waals surface area contributed by atoms with Crippen LogP contribution in [0.3, 0.4) is 0 Å². The van der Waals surface area contributed by atoms with E-state index < -0.39 is 0 Å². The van der Waals surface area contributed by atoms with Crippen LogP contribution in [-0.2, 0) is 13.1 Å². The van der Waals surface area contributed by atoms with Crippen molar-refractivity contribution in [1.82, 2.24) is 0 Å². The maximum atomic E-state index is 2.51. The fourth-order valence-corrected chi connectivity index (χ4v) is 3.88. The first-order valence-electron chi connectivity index (χ1n) is 8.14. The van der Waals surface area contributed by atoms with Crippen LogP contribution in [0.2, 0.25) is 0 Å². The second-order valence-electron chi connectivity index (χ2n) is 6.90. The number of fused-ring (bicyclic) bond motifs is 6. The molecule has 0 saturated carbocycles. The van der Waals surface area contributed by atoms with E-state index in [4.69, 9.17) is 0 Å². The fourth-order valence-electron chi connectivity index (χ4n) is 3.88. The molecule has 0 radical (unpaired) electrons. The SMILES string of the molecule is CN(C)c1cccc2c1N1Cc3cccc(N(C)C)c3N(C2)C1. The molecule has 0 aromatic heterocycles. The molecule has 2 aliphatic rings. The summed E-state index contributed by atoms with van der Waals surface area (Å²) >= 11 is 0. The number of para-hydroxylation sites is 2. The molecule has 4 rings (SSSR count). The summed E-state index contributed by atoms with van der Waals surface area (Å²) in [5, 5.41) is 0. The zero-order valence-electron chi connectivity index (χ0n) is 14.4. The van der Waals surface area contributed by atoms with Crippen LogP contribution >= 0.6 is 0 Å². The molecule has 0 saturated heterocycles. The normalized spacial score (nSPS) is 15.1. The maximum absolute atomic E-state index is 2.51. The smallest absolute Gasteiger partial charge is 0.0911 e. The van der Waals surface area contributed by atoms with Gasteiger partial charge in [0.15, 0.2) is 0 Å². The summed E-state index contributed by atoms with van der Waals surface area (Å²) in [6, 6.07) is 13.3. The summed E-state index contributed by atoms with van der Waals surface area (Å²) < 4.78 is 0. The summed E-state index contributed by atoms with van der Waals surface area (Å²) in [4.78, 5) is 9.46. The Morgan fingerprint density at radius 1 is 0.696 bits per heavy atom. The van der Waals surface area contributed by atoms with Gasteiger partial charge in [0.25, 0.3) is 0 Å². The largest absolute Gasteiger partial charge is 0.376 e. The maximum Gasteiger partial charge on any atom is 0.0911 e. The van der Waals surface area contributed by atoms with Crippen LogP contribution in [0.1, 0.15) is 11.1 Å². The van der Waals surface area contributed by atoms with E-state index in [0.29, 0.717) is 0 Å². The van der Waals surface area contributed by atoms with E-state index in [-0.39, 0.29) is 0 Å². The van der Waals surface area contributed by atoms with Crippen LogP contribution in [0, 0.1) is 0 Å². The van der Waals surface area contributed by atoms with Crippen LogP contribution in [0.25, 0.3) is 0 Å². The molecule has 0 amide bonds. The van der Waals surface area contributed by atoms with Gasteiger partial charge in [0.1, 0.15) is 0 Å². The molecule has 0 N–H and O–H groups in total. The summed E-state index contributed by atoms with van der Waals surface area (Å²) in [6.45, 7) is 2.92. The van der Waals surface area contributed by atoms with Crippen molar-refractivity contribution in [2.75, 3.05) is 54.5 Å². The lowest BCUT2D eigenvalue weighted by atomic mass is 9.99. The Bertz CT molecular complexity index is 688. The third-order valence-electron chi connectivity index (χ3n) is 4.86. The Kier molecular flexibility index (Phi) is 3.15. The first-order valence-corrected chi connectivity index (χ1v) is 8.14. The van der Waals surface area contributed by atoms with Gasteiger partial charge in [-0.25, -0.2) is 0 Å². The highest BCUT2D eigenvalue weighted by atomic mass is 15.4. The number of rotatable bonds is 2. The average Bonchev–Trinajstić information content (AvgIpc) is 2.53. The third kappa shape index (κ3) is 2.12. The summed E-state index contributed by atoms with van der Waals surface area (Å²) in [5.74, 6) is 0. The van der Waals surface area contributed by atoms with Gasteiger partial charge < -0.3 is 19.6 Å². The van der Waals surface area contributed by atoms with E-state index >= 15 is 0 Å². The monoisotopic (exact) mass is 308 g/mol. The fraction of sp³-hybridized carbons (Fsp3) is 0.368. The van der Waals surface area contributed by atoms with Gasteiger partial charge in [0.2, 0.25) is 0 Å². The molecule has 23 heavy (non-hydrogen) atoms. The number of hydrogen-bond acceptors (Lipinski definition) is 4. The van der Waals surface area contributed by atoms with Crippen LogP contribution in [0.5, 0.6) is 0 Å². The molecule has 120 valence electrons. The minimum atomic E-state index is 0.968. The van der Waals surface area contributed by atoms with Crippen LogP contribution < -0.4 is 19.6 Å². The van der Waals surface area contributed by atoms with Crippen molar-refractivity contribution in [2.45, 2.75) is 13.1 Å². The number of nitrogens with zero attached hydrogens (tertiary/aromatic N) is 4. The number of hydrogen-bond donors (Lipinski definition) is 0. The van der Waals surface area contributed by atoms with Crippen molar-refractivity contribution in [2.24, 2.45) is 0 Å². The highest BCUT2D eigenvalue weighted by molar-refractivity contribution is 5.83. The predicted octanol–water partition coefficient (Wildman–Crippen LogP) is 3.12. The molecule has 2 aromatic rings. The average molecular weight is 308 g/mol. The Morgan fingerprint density at radius 2 is 1.13 bits per heavy atom. The van der Waals surface area contributed by atoms with Crippen LogP contribution in [0.15, 0.2) is 36.4 Å². The van der Waals surface area contributed by atoms with Crippen molar-refractivity contribution in [3.63, 3.8) is 0 Å². The van der Waals surface area contributed by atoms with E-state index in [9.17, 15) is 0 Å². The lowest BCUT2D eigenvalue weighted by molar-refractivity contribution is 0.650. The molecule has 2 bridgehead atoms. The van der Waals surface area contributed by atoms with E-state index in [2.05, 4.69) is 84.2 Å². The van der Waals surface area contributed by atoms with Crippen LogP contribution in [0.4, 0.5) is 22.7 Å². The molecule has 0 aliphatic carbocycles. The van der Waals surface area contributed by atoms with Crippen molar-refractivity contribution < 1.29 is 0 Å². The van der Waals surface area contributed by atoms with Crippen LogP contribution in [-0.4, -0.2) is 34.9 Å². The molecule has 0 spiro atoms. The number of benzene rings is 2. The summed E-state index contributed by atoms with van der Waals surface area (Å²) in [6.07, 6.45) is 0. The molecule has 2 aromatic carbocycles. The van der Waals surface area contributed by atoms with Gasteiger partial charge in [-0.1, -0.05) is 24.3 Å². The lowest BCUT2D eigenvalue weighted by Gasteiger charge is -2.47. The van der Waals surface area contributed by atoms with Gasteiger partial charge in [-0.3, -0.25) is 0 Å². The van der Waals surface area contributed by atoms with Gasteiger partial charge in [-0.15, -0.1) is 0 Å². The molecule has 0 atom stereocenters. The first-order chi connectivity index (χ1) is 11.1. The Morgan fingerprint density at radius 3 is 1.52 bits per heavy atom. The second-order valence-corrected chi connectivity index (χ2v) is 6.90. The van der Waals surface area contributed by atoms with E-state index in [0.717, 1.165) is 19.8 Å². The topological polar surface area (TPSA) is 13.0 Å². The zero-order chi connectivity index (χ0) is 16.1. The molecule has 2 aliphatic heterocycles. The van der Waals surface area contributed by atoms with Gasteiger partial charge in [0, 0.05) is 41.3 Å². The minimum Gasteiger partial charge on any atom is -0.376 e. The lowest BCUT2D eigenvalue weighted by Crippen LogP contribution is -2.47. The van der Waals surface area contributed by atoms with E-state index in [1.807, 2.05) is 0 Å². The Hall–Kier alpha value is -2.36. The number of anilines is 4. The van der Waals surface area contributed by atoms with Gasteiger partial charge in [-0.2, -0.15) is 0 Å². The van der Waals surface area contributed by atoms with Gasteiger partial charge >= 0.3 is 0 Å². The van der Waals surface area contributed by atoms with Gasteiger partial charge in [-0.05, 0) is 23.3 Å². The van der Waals surface area contributed by atoms with Gasteiger partial charge in [0.05, 0.1) is 29.4 Å². The van der Waals surface area contributed by atoms with E-state index in [1.54, 1.807) is 0 Å². The van der Waals surface area contributed by atoms with E-state index in [1.165, 1.54) is 33.9 Å². The molecular formula is C19H24N4. The molecule has 0 fully saturated rings. The second kappa shape index (κ2) is 5.08. The molecule has 0 unspecified atom stereocenters. The van der Waals surface area contributed by atoms with Crippen molar-refractivity contribution in [1.29, 1.82) is 0 Å². The molecule has 4 nitrogen and oxygen atoms in total. The van der Waals surface area contributed by atoms with Crippen molar-refractivity contribution in [3.05, 3.63) is 47.5 Å². The Labute approximate surface area is 138 Å². The third-order valence-corrected chi connectivity index (χ3v) is 4.86. The summed E-state index contributed by atoms with van der Waals surface area (Å²) in [7, 11) is 8.52. The zero-order valence-corrected chi connectivity index (χ0v) is 14.4. The first kappa shape index (κ1) is 14.2. The highest BCUT2D eigenvalue weighted by Crippen LogP contribution is 2.45. The molecule has 2 heterocycles. The predicted molar refractivity (Wildman–Crippen MR) is 98.8 cm³/mol. The van der Waals surface area contributed by atoms with Crippen molar-refractivity contribution in [3.8, 4) is 0 Å². The quantitative estimate of drug-likeness (QED) is 0.845. The Balaban J connectivity index is 1.84. The summed E-state index contributed by atoms with van der Waals surface area (Å²) in [5.41, 5.74) is 8.26. The minimum absolute atomic E-state index is 0.968. The van der Waals surface area contributed by atoms with Crippen molar-refractivity contribution >= 4 is 22.7 Å². The molecule has 4 heteroatoms.